The number of hydrogen-bond acceptors (Lipinski definition) is 3. The van der Waals surface area contributed by atoms with Crippen LogP contribution in [-0.4, -0.2) is 24.1 Å². The van der Waals surface area contributed by atoms with Crippen molar-refractivity contribution < 1.29 is 0 Å². The normalized spacial score (nSPS) is 11.3. The molecule has 0 bridgehead atoms. The standard InChI is InChI=1S/C14H23N3/c1-6-10-17(5)13-9-7-8-12(16-13)11-15-14(2,3)4/h6-9,15H,1,10-11H2,2-5H3. The van der Waals surface area contributed by atoms with Gasteiger partial charge in [0.05, 0.1) is 5.69 Å². The second-order valence-electron chi connectivity index (χ2n) is 5.26. The molecule has 0 radical (unpaired) electrons. The van der Waals surface area contributed by atoms with Crippen LogP contribution in [0.1, 0.15) is 26.5 Å². The molecule has 0 spiro atoms. The Balaban J connectivity index is 2.69. The monoisotopic (exact) mass is 233 g/mol. The minimum atomic E-state index is 0.116. The molecule has 0 atom stereocenters. The van der Waals surface area contributed by atoms with Gasteiger partial charge in [0.25, 0.3) is 0 Å². The van der Waals surface area contributed by atoms with E-state index in [9.17, 15) is 0 Å². The summed E-state index contributed by atoms with van der Waals surface area (Å²) < 4.78 is 0. The third kappa shape index (κ3) is 5.00. The maximum atomic E-state index is 4.61. The smallest absolute Gasteiger partial charge is 0.128 e. The Bertz CT molecular complexity index is 366. The first-order valence-corrected chi connectivity index (χ1v) is 5.95. The van der Waals surface area contributed by atoms with Gasteiger partial charge in [-0.3, -0.25) is 0 Å². The van der Waals surface area contributed by atoms with Gasteiger partial charge in [0.15, 0.2) is 0 Å². The van der Waals surface area contributed by atoms with Crippen LogP contribution in [0.4, 0.5) is 5.82 Å². The van der Waals surface area contributed by atoms with Crippen molar-refractivity contribution in [2.24, 2.45) is 0 Å². The number of likely N-dealkylation sites (N-methyl/N-ethyl adjacent to an activating group) is 1. The summed E-state index contributed by atoms with van der Waals surface area (Å²) >= 11 is 0. The van der Waals surface area contributed by atoms with Gasteiger partial charge in [-0.25, -0.2) is 4.98 Å². The average molecular weight is 233 g/mol. The summed E-state index contributed by atoms with van der Waals surface area (Å²) in [7, 11) is 2.02. The summed E-state index contributed by atoms with van der Waals surface area (Å²) in [5, 5.41) is 3.44. The zero-order valence-corrected chi connectivity index (χ0v) is 11.3. The lowest BCUT2D eigenvalue weighted by Crippen LogP contribution is -2.35. The fraction of sp³-hybridized carbons (Fsp3) is 0.500. The first-order valence-electron chi connectivity index (χ1n) is 5.95. The highest BCUT2D eigenvalue weighted by Crippen LogP contribution is 2.10. The highest BCUT2D eigenvalue weighted by atomic mass is 15.2. The SMILES string of the molecule is C=CCN(C)c1cccc(CNC(C)(C)C)n1. The molecular formula is C14H23N3. The van der Waals surface area contributed by atoms with Gasteiger partial charge in [-0.2, -0.15) is 0 Å². The van der Waals surface area contributed by atoms with E-state index in [4.69, 9.17) is 0 Å². The average Bonchev–Trinajstić information content (AvgIpc) is 2.26. The second kappa shape index (κ2) is 5.82. The Kier molecular flexibility index (Phi) is 4.70. The maximum Gasteiger partial charge on any atom is 0.128 e. The lowest BCUT2D eigenvalue weighted by atomic mass is 10.1. The second-order valence-corrected chi connectivity index (χ2v) is 5.26. The molecule has 0 saturated carbocycles. The summed E-state index contributed by atoms with van der Waals surface area (Å²) in [6, 6.07) is 6.11. The van der Waals surface area contributed by atoms with Crippen LogP contribution in [0, 0.1) is 0 Å². The maximum absolute atomic E-state index is 4.61. The van der Waals surface area contributed by atoms with Crippen molar-refractivity contribution in [3.05, 3.63) is 36.5 Å². The molecule has 0 aromatic carbocycles. The number of nitrogens with zero attached hydrogens (tertiary/aromatic N) is 2. The first kappa shape index (κ1) is 13.7. The third-order valence-corrected chi connectivity index (χ3v) is 2.39. The molecule has 1 N–H and O–H groups in total. The van der Waals surface area contributed by atoms with Crippen LogP contribution in [0.5, 0.6) is 0 Å². The van der Waals surface area contributed by atoms with Crippen LogP contribution >= 0.6 is 0 Å². The molecule has 3 heteroatoms. The molecule has 1 aromatic rings. The first-order chi connectivity index (χ1) is 7.92. The van der Waals surface area contributed by atoms with E-state index in [0.717, 1.165) is 24.6 Å². The van der Waals surface area contributed by atoms with E-state index < -0.39 is 0 Å². The van der Waals surface area contributed by atoms with Crippen molar-refractivity contribution in [3.63, 3.8) is 0 Å². The van der Waals surface area contributed by atoms with Crippen LogP contribution in [0.2, 0.25) is 0 Å². The predicted molar refractivity (Wildman–Crippen MR) is 74.3 cm³/mol. The molecule has 0 saturated heterocycles. The lowest BCUT2D eigenvalue weighted by Gasteiger charge is -2.21. The molecule has 94 valence electrons. The van der Waals surface area contributed by atoms with Gasteiger partial charge in [0.1, 0.15) is 5.82 Å². The van der Waals surface area contributed by atoms with Crippen LogP contribution in [0.15, 0.2) is 30.9 Å². The molecule has 1 aromatic heterocycles. The number of pyridine rings is 1. The summed E-state index contributed by atoms with van der Waals surface area (Å²) in [4.78, 5) is 6.69. The van der Waals surface area contributed by atoms with E-state index >= 15 is 0 Å². The van der Waals surface area contributed by atoms with Crippen LogP contribution in [0.25, 0.3) is 0 Å². The fourth-order valence-electron chi connectivity index (χ4n) is 1.42. The van der Waals surface area contributed by atoms with Gasteiger partial charge in [0, 0.05) is 25.7 Å². The van der Waals surface area contributed by atoms with Gasteiger partial charge >= 0.3 is 0 Å². The molecule has 1 rings (SSSR count). The minimum absolute atomic E-state index is 0.116. The summed E-state index contributed by atoms with van der Waals surface area (Å²) in [5.41, 5.74) is 1.18. The van der Waals surface area contributed by atoms with E-state index in [1.54, 1.807) is 0 Å². The van der Waals surface area contributed by atoms with Crippen LogP contribution < -0.4 is 10.2 Å². The van der Waals surface area contributed by atoms with E-state index in [-0.39, 0.29) is 5.54 Å². The summed E-state index contributed by atoms with van der Waals surface area (Å²) in [6.45, 7) is 11.8. The Morgan fingerprint density at radius 3 is 2.71 bits per heavy atom. The molecule has 17 heavy (non-hydrogen) atoms. The van der Waals surface area contributed by atoms with Gasteiger partial charge < -0.3 is 10.2 Å². The van der Waals surface area contributed by atoms with Crippen molar-refractivity contribution in [1.82, 2.24) is 10.3 Å². The highest BCUT2D eigenvalue weighted by Gasteiger charge is 2.09. The number of nitrogens with one attached hydrogen (secondary N) is 1. The zero-order chi connectivity index (χ0) is 12.9. The summed E-state index contributed by atoms with van der Waals surface area (Å²) in [5.74, 6) is 0.984. The predicted octanol–water partition coefficient (Wildman–Crippen LogP) is 2.59. The largest absolute Gasteiger partial charge is 0.356 e. The molecule has 1 heterocycles. The van der Waals surface area contributed by atoms with Gasteiger partial charge in [0.2, 0.25) is 0 Å². The van der Waals surface area contributed by atoms with Gasteiger partial charge in [-0.05, 0) is 32.9 Å². The molecule has 0 aliphatic rings. The third-order valence-electron chi connectivity index (χ3n) is 2.39. The van der Waals surface area contributed by atoms with E-state index in [1.807, 2.05) is 31.3 Å². The number of anilines is 1. The van der Waals surface area contributed by atoms with E-state index in [2.05, 4.69) is 42.6 Å². The fourth-order valence-corrected chi connectivity index (χ4v) is 1.42. The Morgan fingerprint density at radius 1 is 1.41 bits per heavy atom. The Labute approximate surface area is 105 Å². The van der Waals surface area contributed by atoms with E-state index in [1.165, 1.54) is 0 Å². The zero-order valence-electron chi connectivity index (χ0n) is 11.3. The molecule has 0 unspecified atom stereocenters. The molecule has 0 aliphatic heterocycles. The topological polar surface area (TPSA) is 28.2 Å². The molecule has 3 nitrogen and oxygen atoms in total. The number of hydrogen-bond donors (Lipinski definition) is 1. The molecule has 0 amide bonds. The Morgan fingerprint density at radius 2 is 2.12 bits per heavy atom. The summed E-state index contributed by atoms with van der Waals surface area (Å²) in [6.07, 6.45) is 1.88. The van der Waals surface area contributed by atoms with Crippen molar-refractivity contribution in [2.75, 3.05) is 18.5 Å². The van der Waals surface area contributed by atoms with Gasteiger partial charge in [-0.1, -0.05) is 12.1 Å². The van der Waals surface area contributed by atoms with Gasteiger partial charge in [-0.15, -0.1) is 6.58 Å². The lowest BCUT2D eigenvalue weighted by molar-refractivity contribution is 0.421. The van der Waals surface area contributed by atoms with Crippen molar-refractivity contribution >= 4 is 5.82 Å². The highest BCUT2D eigenvalue weighted by molar-refractivity contribution is 5.38. The van der Waals surface area contributed by atoms with Crippen molar-refractivity contribution in [1.29, 1.82) is 0 Å². The number of aromatic nitrogens is 1. The van der Waals surface area contributed by atoms with E-state index in [0.29, 0.717) is 0 Å². The van der Waals surface area contributed by atoms with Crippen molar-refractivity contribution in [3.8, 4) is 0 Å². The molecule has 0 fully saturated rings. The molecule has 0 aliphatic carbocycles. The van der Waals surface area contributed by atoms with Crippen molar-refractivity contribution in [2.45, 2.75) is 32.9 Å². The quantitative estimate of drug-likeness (QED) is 0.792. The van der Waals surface area contributed by atoms with Crippen LogP contribution in [0.3, 0.4) is 0 Å². The van der Waals surface area contributed by atoms with Crippen LogP contribution in [-0.2, 0) is 6.54 Å². The number of rotatable bonds is 5. The minimum Gasteiger partial charge on any atom is -0.356 e. The Hall–Kier alpha value is -1.35. The molecular weight excluding hydrogens is 210 g/mol.